The second-order valence-corrected chi connectivity index (χ2v) is 11.3. The van der Waals surface area contributed by atoms with Gasteiger partial charge in [-0.3, -0.25) is 9.78 Å². The number of hydrogen-bond acceptors (Lipinski definition) is 5. The van der Waals surface area contributed by atoms with E-state index in [0.717, 1.165) is 49.6 Å². The van der Waals surface area contributed by atoms with Crippen LogP contribution in [-0.2, 0) is 28.9 Å². The molecule has 1 aliphatic carbocycles. The first-order valence-electron chi connectivity index (χ1n) is 13.6. The number of fused-ring (bicyclic) bond motifs is 1. The van der Waals surface area contributed by atoms with Crippen LogP contribution < -0.4 is 10.2 Å². The van der Waals surface area contributed by atoms with Gasteiger partial charge in [0.1, 0.15) is 0 Å². The molecular weight excluding hydrogens is 434 g/mol. The van der Waals surface area contributed by atoms with Gasteiger partial charge in [-0.15, -0.1) is 0 Å². The van der Waals surface area contributed by atoms with Crippen molar-refractivity contribution in [2.75, 3.05) is 24.5 Å². The van der Waals surface area contributed by atoms with Crippen molar-refractivity contribution in [2.24, 2.45) is 5.41 Å². The standard InChI is InChI=1S/C30H41N3O2/c1-20(2)35-27(34)18-26-21(3)32-22(4)28(24-7-8-25-19-31-14-9-23(25)17-24)29(26)33-15-12-30(13-16-33)10-5-6-11-30/h7-8,17,20,31H,5-6,9-16,18-19H2,1-4H3. The molecule has 35 heavy (non-hydrogen) atoms. The minimum atomic E-state index is -0.165. The van der Waals surface area contributed by atoms with Crippen LogP contribution in [0.3, 0.4) is 0 Å². The van der Waals surface area contributed by atoms with Crippen molar-refractivity contribution in [1.82, 2.24) is 10.3 Å². The summed E-state index contributed by atoms with van der Waals surface area (Å²) in [5, 5.41) is 3.48. The highest BCUT2D eigenvalue weighted by molar-refractivity contribution is 5.87. The van der Waals surface area contributed by atoms with Crippen LogP contribution in [0.25, 0.3) is 11.1 Å². The van der Waals surface area contributed by atoms with E-state index in [0.29, 0.717) is 5.41 Å². The fraction of sp³-hybridized carbons (Fsp3) is 0.600. The summed E-state index contributed by atoms with van der Waals surface area (Å²) in [6.45, 7) is 12.1. The molecule has 2 fully saturated rings. The summed E-state index contributed by atoms with van der Waals surface area (Å²) >= 11 is 0. The SMILES string of the molecule is Cc1nc(C)c(-c2ccc3c(c2)CCNC3)c(N2CCC3(CCCC3)CC2)c1CC(=O)OC(C)C. The smallest absolute Gasteiger partial charge is 0.310 e. The molecule has 0 bridgehead atoms. The van der Waals surface area contributed by atoms with Crippen LogP contribution in [0.4, 0.5) is 5.69 Å². The first-order valence-corrected chi connectivity index (χ1v) is 13.6. The first kappa shape index (κ1) is 24.3. The summed E-state index contributed by atoms with van der Waals surface area (Å²) in [7, 11) is 0. The van der Waals surface area contributed by atoms with Gasteiger partial charge in [0.2, 0.25) is 0 Å². The van der Waals surface area contributed by atoms with Gasteiger partial charge in [0.05, 0.1) is 18.2 Å². The zero-order chi connectivity index (χ0) is 24.6. The highest BCUT2D eigenvalue weighted by Gasteiger charge is 2.38. The Morgan fingerprint density at radius 3 is 2.54 bits per heavy atom. The highest BCUT2D eigenvalue weighted by atomic mass is 16.5. The molecule has 0 radical (unpaired) electrons. The maximum Gasteiger partial charge on any atom is 0.310 e. The van der Waals surface area contributed by atoms with Crippen molar-refractivity contribution >= 4 is 11.7 Å². The molecule has 1 saturated heterocycles. The average Bonchev–Trinajstić information content (AvgIpc) is 3.28. The Morgan fingerprint density at radius 1 is 1.09 bits per heavy atom. The number of nitrogens with one attached hydrogen (secondary N) is 1. The molecule has 0 unspecified atom stereocenters. The Bertz CT molecular complexity index is 1090. The maximum atomic E-state index is 12.9. The molecule has 1 aromatic heterocycles. The molecule has 0 atom stereocenters. The number of rotatable bonds is 5. The third kappa shape index (κ3) is 4.97. The second-order valence-electron chi connectivity index (χ2n) is 11.3. The van der Waals surface area contributed by atoms with Gasteiger partial charge < -0.3 is 15.0 Å². The Hall–Kier alpha value is -2.40. The van der Waals surface area contributed by atoms with Crippen molar-refractivity contribution in [3.05, 3.63) is 46.3 Å². The van der Waals surface area contributed by atoms with Crippen LogP contribution in [0.2, 0.25) is 0 Å². The van der Waals surface area contributed by atoms with Gasteiger partial charge >= 0.3 is 5.97 Å². The number of esters is 1. The number of pyridine rings is 1. The molecule has 2 aromatic rings. The molecule has 2 aliphatic heterocycles. The van der Waals surface area contributed by atoms with Crippen molar-refractivity contribution < 1.29 is 9.53 Å². The van der Waals surface area contributed by atoms with Crippen molar-refractivity contribution in [3.63, 3.8) is 0 Å². The van der Waals surface area contributed by atoms with E-state index in [1.807, 2.05) is 13.8 Å². The lowest BCUT2D eigenvalue weighted by Gasteiger charge is -2.42. The Balaban J connectivity index is 1.59. The van der Waals surface area contributed by atoms with Gasteiger partial charge in [-0.2, -0.15) is 0 Å². The number of anilines is 1. The molecule has 1 saturated carbocycles. The summed E-state index contributed by atoms with van der Waals surface area (Å²) in [5.41, 5.74) is 10.0. The second kappa shape index (κ2) is 9.93. The van der Waals surface area contributed by atoms with E-state index >= 15 is 0 Å². The van der Waals surface area contributed by atoms with E-state index in [1.54, 1.807) is 0 Å². The topological polar surface area (TPSA) is 54.5 Å². The quantitative estimate of drug-likeness (QED) is 0.565. The summed E-state index contributed by atoms with van der Waals surface area (Å²) in [6.07, 6.45) is 9.24. The number of aryl methyl sites for hydroxylation is 2. The zero-order valence-electron chi connectivity index (χ0n) is 22.0. The lowest BCUT2D eigenvalue weighted by molar-refractivity contribution is -0.146. The number of aromatic nitrogens is 1. The summed E-state index contributed by atoms with van der Waals surface area (Å²) in [4.78, 5) is 20.4. The molecule has 5 heteroatoms. The van der Waals surface area contributed by atoms with Crippen LogP contribution in [0.1, 0.15) is 80.5 Å². The number of hydrogen-bond donors (Lipinski definition) is 1. The van der Waals surface area contributed by atoms with Gasteiger partial charge in [0.25, 0.3) is 0 Å². The number of piperidine rings is 1. The van der Waals surface area contributed by atoms with Gasteiger partial charge in [0.15, 0.2) is 0 Å². The monoisotopic (exact) mass is 475 g/mol. The third-order valence-electron chi connectivity index (χ3n) is 8.53. The van der Waals surface area contributed by atoms with E-state index in [-0.39, 0.29) is 18.5 Å². The molecule has 5 nitrogen and oxygen atoms in total. The van der Waals surface area contributed by atoms with E-state index < -0.39 is 0 Å². The van der Waals surface area contributed by atoms with Gasteiger partial charge in [0, 0.05) is 42.1 Å². The van der Waals surface area contributed by atoms with Crippen molar-refractivity contribution in [2.45, 2.75) is 91.7 Å². The Labute approximate surface area is 210 Å². The summed E-state index contributed by atoms with van der Waals surface area (Å²) in [6, 6.07) is 6.90. The van der Waals surface area contributed by atoms with Crippen LogP contribution in [0.15, 0.2) is 18.2 Å². The normalized spacial score (nSPS) is 19.3. The Kier molecular flexibility index (Phi) is 6.89. The third-order valence-corrected chi connectivity index (χ3v) is 8.53. The Morgan fingerprint density at radius 2 is 1.83 bits per heavy atom. The highest BCUT2D eigenvalue weighted by Crippen LogP contribution is 2.48. The van der Waals surface area contributed by atoms with Crippen LogP contribution in [0, 0.1) is 19.3 Å². The van der Waals surface area contributed by atoms with Gasteiger partial charge in [-0.05, 0) is 88.4 Å². The van der Waals surface area contributed by atoms with Gasteiger partial charge in [-0.25, -0.2) is 0 Å². The molecule has 1 aromatic carbocycles. The number of carbonyl (C=O) groups is 1. The molecule has 1 N–H and O–H groups in total. The van der Waals surface area contributed by atoms with Crippen LogP contribution >= 0.6 is 0 Å². The molecule has 5 rings (SSSR count). The molecule has 0 amide bonds. The summed E-state index contributed by atoms with van der Waals surface area (Å²) < 4.78 is 5.59. The molecular formula is C30H41N3O2. The maximum absolute atomic E-state index is 12.9. The number of benzene rings is 1. The van der Waals surface area contributed by atoms with E-state index in [2.05, 4.69) is 42.3 Å². The fourth-order valence-corrected chi connectivity index (χ4v) is 6.69. The average molecular weight is 476 g/mol. The van der Waals surface area contributed by atoms with Crippen molar-refractivity contribution in [1.29, 1.82) is 0 Å². The molecule has 3 aliphatic rings. The predicted molar refractivity (Wildman–Crippen MR) is 142 cm³/mol. The summed E-state index contributed by atoms with van der Waals surface area (Å²) in [5.74, 6) is -0.165. The number of ether oxygens (including phenoxy) is 1. The lowest BCUT2D eigenvalue weighted by atomic mass is 9.76. The van der Waals surface area contributed by atoms with Crippen molar-refractivity contribution in [3.8, 4) is 11.1 Å². The first-order chi connectivity index (χ1) is 16.8. The zero-order valence-corrected chi connectivity index (χ0v) is 22.0. The van der Waals surface area contributed by atoms with E-state index in [1.165, 1.54) is 66.5 Å². The lowest BCUT2D eigenvalue weighted by Crippen LogP contribution is -2.40. The van der Waals surface area contributed by atoms with Crippen LogP contribution in [0.5, 0.6) is 0 Å². The molecule has 1 spiro atoms. The van der Waals surface area contributed by atoms with E-state index in [9.17, 15) is 4.79 Å². The largest absolute Gasteiger partial charge is 0.463 e. The fourth-order valence-electron chi connectivity index (χ4n) is 6.69. The minimum Gasteiger partial charge on any atom is -0.463 e. The molecule has 188 valence electrons. The minimum absolute atomic E-state index is 0.115. The number of carbonyl (C=O) groups excluding carboxylic acids is 1. The predicted octanol–water partition coefficient (Wildman–Crippen LogP) is 5.67. The van der Waals surface area contributed by atoms with E-state index in [4.69, 9.17) is 9.72 Å². The number of nitrogens with zero attached hydrogens (tertiary/aromatic N) is 2. The van der Waals surface area contributed by atoms with Crippen LogP contribution in [-0.4, -0.2) is 36.7 Å². The molecule has 3 heterocycles. The van der Waals surface area contributed by atoms with Gasteiger partial charge in [-0.1, -0.05) is 31.0 Å².